The molecule has 0 bridgehead atoms. The Labute approximate surface area is 221 Å². The lowest BCUT2D eigenvalue weighted by Gasteiger charge is -2.31. The lowest BCUT2D eigenvalue weighted by Crippen LogP contribution is -2.43. The van der Waals surface area contributed by atoms with Crippen LogP contribution in [-0.4, -0.2) is 83.7 Å². The summed E-state index contributed by atoms with van der Waals surface area (Å²) in [5.41, 5.74) is 3.31. The van der Waals surface area contributed by atoms with Crippen LogP contribution in [0.25, 0.3) is 5.65 Å². The second-order valence-corrected chi connectivity index (χ2v) is 10.0. The number of hydrogen-bond donors (Lipinski definition) is 2. The zero-order chi connectivity index (χ0) is 26.8. The van der Waals surface area contributed by atoms with Crippen LogP contribution in [0.15, 0.2) is 24.0 Å². The Morgan fingerprint density at radius 3 is 2.74 bits per heavy atom. The number of amides is 2. The zero-order valence-electron chi connectivity index (χ0n) is 21.2. The predicted octanol–water partition coefficient (Wildman–Crippen LogP) is 1.45. The smallest absolute Gasteiger partial charge is 0.328 e. The number of rotatable bonds is 7. The molecular weight excluding hydrogens is 510 g/mol. The van der Waals surface area contributed by atoms with E-state index in [1.165, 1.54) is 24.8 Å². The highest BCUT2D eigenvalue weighted by atomic mass is 32.1. The summed E-state index contributed by atoms with van der Waals surface area (Å²) in [7, 11) is 1.27. The maximum Gasteiger partial charge on any atom is 0.328 e. The van der Waals surface area contributed by atoms with Gasteiger partial charge in [-0.3, -0.25) is 9.59 Å². The summed E-state index contributed by atoms with van der Waals surface area (Å²) in [6.45, 7) is 4.76. The monoisotopic (exact) mass is 537 g/mol. The first kappa shape index (κ1) is 25.4. The van der Waals surface area contributed by atoms with Gasteiger partial charge in [0, 0.05) is 48.8 Å². The number of aromatic amines is 1. The van der Waals surface area contributed by atoms with Crippen molar-refractivity contribution < 1.29 is 19.1 Å². The number of nitrogens with one attached hydrogen (secondary N) is 2. The molecule has 0 radical (unpaired) electrons. The standard InChI is InChI=1S/C24H27N9O4S/c1-13-8-19-29-30-20(14(2)33(19)31-13)23(35)32-6-4-15(5-7-32)22-28-18(11-38-22)21(34)27-17(24(36)37-3)9-16-10-25-12-26-16/h8,10-12,15,17H,4-7,9H2,1-3H3,(H,25,26)(H,27,34). The van der Waals surface area contributed by atoms with Gasteiger partial charge < -0.3 is 19.9 Å². The Balaban J connectivity index is 1.20. The average Bonchev–Trinajstić information content (AvgIpc) is 3.69. The second-order valence-electron chi connectivity index (χ2n) is 9.16. The van der Waals surface area contributed by atoms with E-state index < -0.39 is 17.9 Å². The van der Waals surface area contributed by atoms with E-state index in [0.717, 1.165) is 10.7 Å². The largest absolute Gasteiger partial charge is 0.467 e. The summed E-state index contributed by atoms with van der Waals surface area (Å²) in [6.07, 6.45) is 4.73. The third-order valence-electron chi connectivity index (χ3n) is 6.58. The molecule has 4 aromatic rings. The number of likely N-dealkylation sites (tertiary alicyclic amines) is 1. The molecule has 5 heterocycles. The van der Waals surface area contributed by atoms with Gasteiger partial charge in [-0.1, -0.05) is 0 Å². The van der Waals surface area contributed by atoms with Gasteiger partial charge in [0.1, 0.15) is 11.7 Å². The maximum atomic E-state index is 13.2. The molecule has 4 aromatic heterocycles. The first-order valence-corrected chi connectivity index (χ1v) is 13.0. The summed E-state index contributed by atoms with van der Waals surface area (Å²) in [5, 5.41) is 17.9. The minimum Gasteiger partial charge on any atom is -0.467 e. The van der Waals surface area contributed by atoms with Crippen molar-refractivity contribution in [3.8, 4) is 0 Å². The summed E-state index contributed by atoms with van der Waals surface area (Å²) < 4.78 is 6.48. The zero-order valence-corrected chi connectivity index (χ0v) is 22.0. The number of aryl methyl sites for hydroxylation is 2. The van der Waals surface area contributed by atoms with Gasteiger partial charge in [0.15, 0.2) is 11.3 Å². The first-order chi connectivity index (χ1) is 18.3. The molecule has 2 amide bonds. The van der Waals surface area contributed by atoms with Gasteiger partial charge in [0.25, 0.3) is 11.8 Å². The van der Waals surface area contributed by atoms with Crippen LogP contribution in [0.3, 0.4) is 0 Å². The number of esters is 1. The highest BCUT2D eigenvalue weighted by molar-refractivity contribution is 7.09. The summed E-state index contributed by atoms with van der Waals surface area (Å²) in [5.74, 6) is -1.06. The number of fused-ring (bicyclic) bond motifs is 1. The predicted molar refractivity (Wildman–Crippen MR) is 136 cm³/mol. The molecule has 198 valence electrons. The average molecular weight is 538 g/mol. The van der Waals surface area contributed by atoms with Crippen molar-refractivity contribution in [1.29, 1.82) is 0 Å². The minimum absolute atomic E-state index is 0.121. The molecule has 2 N–H and O–H groups in total. The summed E-state index contributed by atoms with van der Waals surface area (Å²) in [4.78, 5) is 51.4. The van der Waals surface area contributed by atoms with Crippen LogP contribution in [0.2, 0.25) is 0 Å². The van der Waals surface area contributed by atoms with Crippen molar-refractivity contribution >= 4 is 34.8 Å². The number of hydrogen-bond acceptors (Lipinski definition) is 10. The Morgan fingerprint density at radius 1 is 1.24 bits per heavy atom. The second kappa shape index (κ2) is 10.7. The molecule has 0 aromatic carbocycles. The summed E-state index contributed by atoms with van der Waals surface area (Å²) in [6, 6.07) is 0.945. The molecule has 1 aliphatic rings. The SMILES string of the molecule is COC(=O)C(Cc1cnc[nH]1)NC(=O)c1csc(C2CCN(C(=O)c3nnc4cc(C)nn4c3C)CC2)n1. The number of nitrogens with zero attached hydrogens (tertiary/aromatic N) is 7. The highest BCUT2D eigenvalue weighted by Crippen LogP contribution is 2.31. The number of piperidine rings is 1. The van der Waals surface area contributed by atoms with Gasteiger partial charge in [-0.25, -0.2) is 19.3 Å². The van der Waals surface area contributed by atoms with E-state index in [0.29, 0.717) is 48.7 Å². The fraction of sp³-hybridized carbons (Fsp3) is 0.417. The Morgan fingerprint density at radius 2 is 2.03 bits per heavy atom. The lowest BCUT2D eigenvalue weighted by atomic mass is 9.97. The van der Waals surface area contributed by atoms with E-state index in [4.69, 9.17) is 4.74 Å². The van der Waals surface area contributed by atoms with Gasteiger partial charge >= 0.3 is 5.97 Å². The van der Waals surface area contributed by atoms with Crippen molar-refractivity contribution in [1.82, 2.24) is 45.0 Å². The Bertz CT molecular complexity index is 1470. The molecule has 0 saturated carbocycles. The minimum atomic E-state index is -0.871. The van der Waals surface area contributed by atoms with Crippen molar-refractivity contribution in [2.45, 2.75) is 45.1 Å². The van der Waals surface area contributed by atoms with E-state index in [2.05, 4.69) is 35.6 Å². The van der Waals surface area contributed by atoms with Crippen LogP contribution in [0.1, 0.15) is 61.8 Å². The number of ether oxygens (including phenoxy) is 1. The van der Waals surface area contributed by atoms with Crippen molar-refractivity contribution in [2.75, 3.05) is 20.2 Å². The van der Waals surface area contributed by atoms with E-state index in [-0.39, 0.29) is 23.9 Å². The van der Waals surface area contributed by atoms with Gasteiger partial charge in [-0.05, 0) is 26.7 Å². The van der Waals surface area contributed by atoms with Gasteiger partial charge in [-0.15, -0.1) is 21.5 Å². The van der Waals surface area contributed by atoms with E-state index in [1.807, 2.05) is 19.9 Å². The Kier molecular flexibility index (Phi) is 7.13. The molecule has 1 aliphatic heterocycles. The molecule has 0 spiro atoms. The molecule has 1 saturated heterocycles. The topological polar surface area (TPSA) is 160 Å². The third-order valence-corrected chi connectivity index (χ3v) is 7.59. The highest BCUT2D eigenvalue weighted by Gasteiger charge is 2.30. The molecule has 1 fully saturated rings. The summed E-state index contributed by atoms with van der Waals surface area (Å²) >= 11 is 1.40. The van der Waals surface area contributed by atoms with E-state index >= 15 is 0 Å². The van der Waals surface area contributed by atoms with Crippen LogP contribution in [0, 0.1) is 13.8 Å². The fourth-order valence-electron chi connectivity index (χ4n) is 4.52. The number of H-pyrrole nitrogens is 1. The van der Waals surface area contributed by atoms with Crippen molar-refractivity contribution in [3.63, 3.8) is 0 Å². The van der Waals surface area contributed by atoms with Gasteiger partial charge in [-0.2, -0.15) is 5.10 Å². The van der Waals surface area contributed by atoms with E-state index in [1.54, 1.807) is 21.0 Å². The number of thiazole rings is 1. The molecule has 5 rings (SSSR count). The third kappa shape index (κ3) is 5.11. The maximum absolute atomic E-state index is 13.2. The molecule has 14 heteroatoms. The van der Waals surface area contributed by atoms with Crippen LogP contribution in [0.4, 0.5) is 0 Å². The molecule has 1 atom stereocenters. The molecule has 0 aliphatic carbocycles. The first-order valence-electron chi connectivity index (χ1n) is 12.1. The number of carbonyl (C=O) groups is 3. The van der Waals surface area contributed by atoms with Crippen LogP contribution >= 0.6 is 11.3 Å². The van der Waals surface area contributed by atoms with Crippen LogP contribution in [-0.2, 0) is 16.0 Å². The van der Waals surface area contributed by atoms with Gasteiger partial charge in [0.05, 0.1) is 29.8 Å². The Hall–Kier alpha value is -4.20. The number of aromatic nitrogens is 7. The normalized spacial score (nSPS) is 15.0. The van der Waals surface area contributed by atoms with Crippen molar-refractivity contribution in [3.05, 3.63) is 57.4 Å². The number of carbonyl (C=O) groups excluding carboxylic acids is 3. The molecule has 38 heavy (non-hydrogen) atoms. The lowest BCUT2D eigenvalue weighted by molar-refractivity contribution is -0.142. The van der Waals surface area contributed by atoms with Crippen LogP contribution < -0.4 is 5.32 Å². The van der Waals surface area contributed by atoms with Gasteiger partial charge in [0.2, 0.25) is 0 Å². The van der Waals surface area contributed by atoms with Crippen LogP contribution in [0.5, 0.6) is 0 Å². The quantitative estimate of drug-likeness (QED) is 0.333. The molecular formula is C24H27N9O4S. The van der Waals surface area contributed by atoms with Crippen molar-refractivity contribution in [2.24, 2.45) is 0 Å². The fourth-order valence-corrected chi connectivity index (χ4v) is 5.49. The van der Waals surface area contributed by atoms with E-state index in [9.17, 15) is 14.4 Å². The number of imidazole rings is 1. The number of methoxy groups -OCH3 is 1. The molecule has 1 unspecified atom stereocenters. The molecule has 13 nitrogen and oxygen atoms in total.